The summed E-state index contributed by atoms with van der Waals surface area (Å²) in [4.78, 5) is 8.14. The lowest BCUT2D eigenvalue weighted by molar-refractivity contribution is 0.240. The second kappa shape index (κ2) is 4.90. The number of rotatable bonds is 3. The highest BCUT2D eigenvalue weighted by molar-refractivity contribution is 5.23. The Bertz CT molecular complexity index is 407. The molecule has 1 atom stereocenters. The lowest BCUT2D eigenvalue weighted by Gasteiger charge is -2.09. The minimum absolute atomic E-state index is 0.309. The van der Waals surface area contributed by atoms with Gasteiger partial charge in [-0.25, -0.2) is 4.98 Å². The van der Waals surface area contributed by atoms with Crippen molar-refractivity contribution in [1.82, 2.24) is 15.3 Å². The number of hydrogen-bond acceptors (Lipinski definition) is 5. The fourth-order valence-electron chi connectivity index (χ4n) is 1.71. The molecule has 1 saturated heterocycles. The van der Waals surface area contributed by atoms with Gasteiger partial charge in [0.15, 0.2) is 0 Å². The van der Waals surface area contributed by atoms with Crippen LogP contribution in [0.2, 0.25) is 0 Å². The summed E-state index contributed by atoms with van der Waals surface area (Å²) in [5, 5.41) is 12.0. The molecule has 1 aromatic rings. The van der Waals surface area contributed by atoms with Crippen LogP contribution in [0, 0.1) is 24.2 Å². The van der Waals surface area contributed by atoms with Gasteiger partial charge in [-0.1, -0.05) is 0 Å². The summed E-state index contributed by atoms with van der Waals surface area (Å²) in [6, 6.07) is 3.94. The lowest BCUT2D eigenvalue weighted by atomic mass is 10.1. The SMILES string of the molecule is Cc1cc(C#N)nc(OCC2CCNC2)n1. The standard InChI is InChI=1S/C11H14N4O/c1-8-4-10(5-12)15-11(14-8)16-7-9-2-3-13-6-9/h4,9,13H,2-3,6-7H2,1H3. The fourth-order valence-corrected chi connectivity index (χ4v) is 1.71. The third-order valence-electron chi connectivity index (χ3n) is 2.56. The normalized spacial score (nSPS) is 19.4. The average molecular weight is 218 g/mol. The van der Waals surface area contributed by atoms with Gasteiger partial charge < -0.3 is 10.1 Å². The van der Waals surface area contributed by atoms with Gasteiger partial charge >= 0.3 is 6.01 Å². The van der Waals surface area contributed by atoms with Gasteiger partial charge in [0.1, 0.15) is 11.8 Å². The highest BCUT2D eigenvalue weighted by atomic mass is 16.5. The molecule has 2 rings (SSSR count). The number of hydrogen-bond donors (Lipinski definition) is 1. The molecule has 0 aliphatic carbocycles. The highest BCUT2D eigenvalue weighted by Gasteiger charge is 2.15. The Balaban J connectivity index is 1.98. The van der Waals surface area contributed by atoms with Crippen molar-refractivity contribution < 1.29 is 4.74 Å². The summed E-state index contributed by atoms with van der Waals surface area (Å²) >= 11 is 0. The first-order valence-electron chi connectivity index (χ1n) is 5.37. The fraction of sp³-hybridized carbons (Fsp3) is 0.545. The second-order valence-electron chi connectivity index (χ2n) is 3.96. The van der Waals surface area contributed by atoms with E-state index in [-0.39, 0.29) is 0 Å². The predicted molar refractivity (Wildman–Crippen MR) is 58.0 cm³/mol. The van der Waals surface area contributed by atoms with E-state index in [0.717, 1.165) is 25.2 Å². The minimum Gasteiger partial charge on any atom is -0.463 e. The van der Waals surface area contributed by atoms with Crippen molar-refractivity contribution in [3.63, 3.8) is 0 Å². The Kier molecular flexibility index (Phi) is 3.32. The molecule has 0 aromatic carbocycles. The van der Waals surface area contributed by atoms with Crippen molar-refractivity contribution in [3.05, 3.63) is 17.5 Å². The van der Waals surface area contributed by atoms with Crippen LogP contribution in [0.15, 0.2) is 6.07 Å². The van der Waals surface area contributed by atoms with Crippen LogP contribution in [0.25, 0.3) is 0 Å². The molecule has 1 aliphatic rings. The maximum atomic E-state index is 8.76. The van der Waals surface area contributed by atoms with Crippen LogP contribution in [0.4, 0.5) is 0 Å². The molecule has 0 saturated carbocycles. The number of aryl methyl sites for hydroxylation is 1. The molecule has 0 amide bonds. The highest BCUT2D eigenvalue weighted by Crippen LogP contribution is 2.11. The zero-order valence-corrected chi connectivity index (χ0v) is 9.23. The zero-order valence-electron chi connectivity index (χ0n) is 9.23. The number of ether oxygens (including phenoxy) is 1. The van der Waals surface area contributed by atoms with E-state index in [1.165, 1.54) is 0 Å². The molecule has 0 radical (unpaired) electrons. The van der Waals surface area contributed by atoms with Crippen molar-refractivity contribution in [2.24, 2.45) is 5.92 Å². The van der Waals surface area contributed by atoms with Crippen LogP contribution >= 0.6 is 0 Å². The number of aromatic nitrogens is 2. The van der Waals surface area contributed by atoms with E-state index >= 15 is 0 Å². The Labute approximate surface area is 94.5 Å². The molecular formula is C11H14N4O. The van der Waals surface area contributed by atoms with Crippen molar-refractivity contribution in [2.75, 3.05) is 19.7 Å². The van der Waals surface area contributed by atoms with Crippen LogP contribution in [0.1, 0.15) is 17.8 Å². The predicted octanol–water partition coefficient (Wildman–Crippen LogP) is 0.645. The third-order valence-corrected chi connectivity index (χ3v) is 2.56. The molecular weight excluding hydrogens is 204 g/mol. The van der Waals surface area contributed by atoms with Gasteiger partial charge in [0.2, 0.25) is 0 Å². The van der Waals surface area contributed by atoms with Crippen LogP contribution in [-0.4, -0.2) is 29.7 Å². The van der Waals surface area contributed by atoms with Gasteiger partial charge in [-0.3, -0.25) is 0 Å². The average Bonchev–Trinajstić information content (AvgIpc) is 2.78. The molecule has 1 fully saturated rings. The molecule has 1 N–H and O–H groups in total. The van der Waals surface area contributed by atoms with Gasteiger partial charge in [0.25, 0.3) is 0 Å². The van der Waals surface area contributed by atoms with E-state index in [0.29, 0.717) is 24.2 Å². The Morgan fingerprint density at radius 1 is 1.62 bits per heavy atom. The summed E-state index contributed by atoms with van der Waals surface area (Å²) in [6.45, 7) is 4.47. The monoisotopic (exact) mass is 218 g/mol. The maximum absolute atomic E-state index is 8.76. The summed E-state index contributed by atoms with van der Waals surface area (Å²) in [6.07, 6.45) is 1.12. The molecule has 0 bridgehead atoms. The molecule has 2 heterocycles. The molecule has 0 spiro atoms. The van der Waals surface area contributed by atoms with E-state index in [1.54, 1.807) is 6.07 Å². The van der Waals surface area contributed by atoms with Crippen LogP contribution in [0.5, 0.6) is 6.01 Å². The number of nitrogens with zero attached hydrogens (tertiary/aromatic N) is 3. The van der Waals surface area contributed by atoms with Crippen LogP contribution in [-0.2, 0) is 0 Å². The van der Waals surface area contributed by atoms with Crippen LogP contribution < -0.4 is 10.1 Å². The topological polar surface area (TPSA) is 70.8 Å². The first kappa shape index (κ1) is 10.8. The molecule has 1 aromatic heterocycles. The lowest BCUT2D eigenvalue weighted by Crippen LogP contribution is -2.16. The second-order valence-corrected chi connectivity index (χ2v) is 3.96. The Morgan fingerprint density at radius 3 is 3.19 bits per heavy atom. The molecule has 5 nitrogen and oxygen atoms in total. The largest absolute Gasteiger partial charge is 0.463 e. The number of nitriles is 1. The van der Waals surface area contributed by atoms with Gasteiger partial charge in [0.05, 0.1) is 6.61 Å². The Hall–Kier alpha value is -1.67. The summed E-state index contributed by atoms with van der Waals surface area (Å²) in [7, 11) is 0. The van der Waals surface area contributed by atoms with E-state index < -0.39 is 0 Å². The molecule has 5 heteroatoms. The van der Waals surface area contributed by atoms with E-state index in [1.807, 2.05) is 13.0 Å². The maximum Gasteiger partial charge on any atom is 0.317 e. The number of nitrogens with one attached hydrogen (secondary N) is 1. The smallest absolute Gasteiger partial charge is 0.317 e. The van der Waals surface area contributed by atoms with E-state index in [9.17, 15) is 0 Å². The Morgan fingerprint density at radius 2 is 2.50 bits per heavy atom. The summed E-state index contributed by atoms with van der Waals surface area (Å²) < 4.78 is 5.50. The van der Waals surface area contributed by atoms with Crippen molar-refractivity contribution >= 4 is 0 Å². The molecule has 1 unspecified atom stereocenters. The van der Waals surface area contributed by atoms with Gasteiger partial charge in [0, 0.05) is 18.2 Å². The van der Waals surface area contributed by atoms with Crippen LogP contribution in [0.3, 0.4) is 0 Å². The molecule has 1 aliphatic heterocycles. The molecule has 84 valence electrons. The molecule has 16 heavy (non-hydrogen) atoms. The van der Waals surface area contributed by atoms with Gasteiger partial charge in [-0.15, -0.1) is 0 Å². The van der Waals surface area contributed by atoms with Gasteiger partial charge in [-0.05, 0) is 26.0 Å². The first-order valence-corrected chi connectivity index (χ1v) is 5.37. The quantitative estimate of drug-likeness (QED) is 0.806. The van der Waals surface area contributed by atoms with Crippen molar-refractivity contribution in [1.29, 1.82) is 5.26 Å². The summed E-state index contributed by atoms with van der Waals surface area (Å²) in [5.41, 5.74) is 1.11. The first-order chi connectivity index (χ1) is 7.78. The zero-order chi connectivity index (χ0) is 11.4. The minimum atomic E-state index is 0.309. The van der Waals surface area contributed by atoms with E-state index in [2.05, 4.69) is 15.3 Å². The van der Waals surface area contributed by atoms with Crippen molar-refractivity contribution in [2.45, 2.75) is 13.3 Å². The van der Waals surface area contributed by atoms with Gasteiger partial charge in [-0.2, -0.15) is 10.2 Å². The third kappa shape index (κ3) is 2.67. The van der Waals surface area contributed by atoms with E-state index in [4.69, 9.17) is 10.00 Å². The van der Waals surface area contributed by atoms with Crippen molar-refractivity contribution in [3.8, 4) is 12.1 Å². The summed E-state index contributed by atoms with van der Waals surface area (Å²) in [5.74, 6) is 0.523.